The summed E-state index contributed by atoms with van der Waals surface area (Å²) in [5, 5.41) is 8.43. The van der Waals surface area contributed by atoms with Crippen LogP contribution in [0.3, 0.4) is 0 Å². The molecule has 0 atom stereocenters. The number of halogens is 1. The van der Waals surface area contributed by atoms with Gasteiger partial charge in [0.25, 0.3) is 0 Å². The Morgan fingerprint density at radius 1 is 1.50 bits per heavy atom. The first kappa shape index (κ1) is 14.6. The second kappa shape index (κ2) is 6.43. The molecule has 0 spiro atoms. The van der Waals surface area contributed by atoms with Gasteiger partial charge < -0.3 is 4.90 Å². The zero-order valence-electron chi connectivity index (χ0n) is 9.94. The summed E-state index contributed by atoms with van der Waals surface area (Å²) in [6, 6.07) is 7.29. The van der Waals surface area contributed by atoms with Gasteiger partial charge in [-0.05, 0) is 30.0 Å². The predicted octanol–water partition coefficient (Wildman–Crippen LogP) is 2.40. The van der Waals surface area contributed by atoms with Crippen LogP contribution in [0.25, 0.3) is 0 Å². The van der Waals surface area contributed by atoms with Crippen LogP contribution in [0, 0.1) is 11.3 Å². The third-order valence-electron chi connectivity index (χ3n) is 2.36. The first-order chi connectivity index (χ1) is 8.51. The Labute approximate surface area is 115 Å². The summed E-state index contributed by atoms with van der Waals surface area (Å²) >= 11 is 6.60. The highest BCUT2D eigenvalue weighted by Gasteiger charge is 2.18. The van der Waals surface area contributed by atoms with Gasteiger partial charge in [-0.3, -0.25) is 9.59 Å². The largest absolute Gasteiger partial charge is 0.314 e. The number of nitriles is 1. The van der Waals surface area contributed by atoms with Crippen LogP contribution in [0.15, 0.2) is 23.1 Å². The molecule has 1 aromatic rings. The fourth-order valence-electron chi connectivity index (χ4n) is 1.45. The smallest absolute Gasteiger partial charge is 0.235 e. The lowest BCUT2D eigenvalue weighted by Gasteiger charge is -2.18. The Morgan fingerprint density at radius 2 is 2.17 bits per heavy atom. The lowest BCUT2D eigenvalue weighted by Crippen LogP contribution is -2.28. The van der Waals surface area contributed by atoms with E-state index in [9.17, 15) is 9.59 Å². The van der Waals surface area contributed by atoms with Crippen molar-refractivity contribution in [3.63, 3.8) is 0 Å². The van der Waals surface area contributed by atoms with Crippen molar-refractivity contribution >= 4 is 40.2 Å². The molecule has 0 fully saturated rings. The predicted molar refractivity (Wildman–Crippen MR) is 71.8 cm³/mol. The quantitative estimate of drug-likeness (QED) is 0.483. The van der Waals surface area contributed by atoms with Crippen molar-refractivity contribution in [1.82, 2.24) is 0 Å². The molecule has 0 saturated carbocycles. The normalized spacial score (nSPS) is 9.67. The lowest BCUT2D eigenvalue weighted by molar-refractivity contribution is -0.123. The van der Waals surface area contributed by atoms with Gasteiger partial charge in [0.15, 0.2) is 0 Å². The summed E-state index contributed by atoms with van der Waals surface area (Å²) in [4.78, 5) is 24.5. The SMILES string of the molecule is CSc1cccc(N(C)C(=O)CC(=O)Cl)c1C#N. The molecule has 0 N–H and O–H groups in total. The molecule has 18 heavy (non-hydrogen) atoms. The number of carbonyl (C=O) groups is 2. The fourth-order valence-corrected chi connectivity index (χ4v) is 2.14. The van der Waals surface area contributed by atoms with E-state index in [1.54, 1.807) is 18.2 Å². The van der Waals surface area contributed by atoms with Crippen molar-refractivity contribution in [2.75, 3.05) is 18.2 Å². The molecule has 1 aromatic carbocycles. The van der Waals surface area contributed by atoms with Gasteiger partial charge >= 0.3 is 0 Å². The molecule has 0 bridgehead atoms. The summed E-state index contributed by atoms with van der Waals surface area (Å²) in [5.74, 6) is -0.440. The molecule has 0 aliphatic heterocycles. The van der Waals surface area contributed by atoms with E-state index >= 15 is 0 Å². The number of amides is 1. The molecule has 0 unspecified atom stereocenters. The van der Waals surface area contributed by atoms with Gasteiger partial charge in [-0.1, -0.05) is 6.07 Å². The maximum absolute atomic E-state index is 11.7. The molecule has 0 aliphatic carbocycles. The van der Waals surface area contributed by atoms with Crippen molar-refractivity contribution in [3.05, 3.63) is 23.8 Å². The minimum absolute atomic E-state index is 0.383. The summed E-state index contributed by atoms with van der Waals surface area (Å²) in [7, 11) is 1.52. The Bertz CT molecular complexity index is 525. The average molecular weight is 283 g/mol. The van der Waals surface area contributed by atoms with Gasteiger partial charge in [0.2, 0.25) is 11.1 Å². The summed E-state index contributed by atoms with van der Waals surface area (Å²) in [6.45, 7) is 0. The molecule has 0 aromatic heterocycles. The van der Waals surface area contributed by atoms with Gasteiger partial charge in [0, 0.05) is 11.9 Å². The number of anilines is 1. The van der Waals surface area contributed by atoms with E-state index < -0.39 is 11.1 Å². The fraction of sp³-hybridized carbons (Fsp3) is 0.250. The van der Waals surface area contributed by atoms with Crippen LogP contribution in [-0.4, -0.2) is 24.5 Å². The number of nitrogens with zero attached hydrogens (tertiary/aromatic N) is 2. The first-order valence-corrected chi connectivity index (χ1v) is 6.63. The number of carbonyl (C=O) groups excluding carboxylic acids is 2. The minimum Gasteiger partial charge on any atom is -0.314 e. The standard InChI is InChI=1S/C12H11ClN2O2S/c1-15(12(17)6-11(13)16)9-4-3-5-10(18-2)8(9)7-14/h3-5H,6H2,1-2H3. The third-order valence-corrected chi connectivity index (χ3v) is 3.28. The molecule has 0 aliphatic rings. The van der Waals surface area contributed by atoms with Crippen LogP contribution in [0.1, 0.15) is 12.0 Å². The Hall–Kier alpha value is -1.51. The van der Waals surface area contributed by atoms with Crippen molar-refractivity contribution in [3.8, 4) is 6.07 Å². The van der Waals surface area contributed by atoms with Crippen LogP contribution in [0.5, 0.6) is 0 Å². The van der Waals surface area contributed by atoms with Gasteiger partial charge in [0.1, 0.15) is 12.5 Å². The Morgan fingerprint density at radius 3 is 2.67 bits per heavy atom. The second-order valence-electron chi connectivity index (χ2n) is 3.45. The van der Waals surface area contributed by atoms with E-state index in [2.05, 4.69) is 6.07 Å². The summed E-state index contributed by atoms with van der Waals surface area (Å²) in [5.41, 5.74) is 0.898. The monoisotopic (exact) mass is 282 g/mol. The maximum Gasteiger partial charge on any atom is 0.235 e. The molecule has 94 valence electrons. The zero-order valence-corrected chi connectivity index (χ0v) is 11.5. The highest BCUT2D eigenvalue weighted by atomic mass is 35.5. The number of hydrogen-bond acceptors (Lipinski definition) is 4. The Balaban J connectivity index is 3.13. The van der Waals surface area contributed by atoms with Crippen LogP contribution in [0.4, 0.5) is 5.69 Å². The van der Waals surface area contributed by atoms with Crippen LogP contribution in [0.2, 0.25) is 0 Å². The highest BCUT2D eigenvalue weighted by Crippen LogP contribution is 2.28. The number of rotatable bonds is 4. The zero-order chi connectivity index (χ0) is 13.7. The molecule has 4 nitrogen and oxygen atoms in total. The second-order valence-corrected chi connectivity index (χ2v) is 4.72. The lowest BCUT2D eigenvalue weighted by atomic mass is 10.1. The van der Waals surface area contributed by atoms with E-state index in [0.717, 1.165) is 4.90 Å². The molecule has 1 rings (SSSR count). The van der Waals surface area contributed by atoms with Crippen LogP contribution < -0.4 is 4.90 Å². The number of hydrogen-bond donors (Lipinski definition) is 0. The Kier molecular flexibility index (Phi) is 5.20. The molecule has 0 heterocycles. The van der Waals surface area contributed by atoms with Gasteiger partial charge in [0.05, 0.1) is 11.3 Å². The maximum atomic E-state index is 11.7. The van der Waals surface area contributed by atoms with E-state index in [1.165, 1.54) is 23.7 Å². The summed E-state index contributed by atoms with van der Waals surface area (Å²) in [6.07, 6.45) is 1.47. The minimum atomic E-state index is -0.716. The molecule has 0 saturated heterocycles. The van der Waals surface area contributed by atoms with E-state index in [4.69, 9.17) is 16.9 Å². The molecule has 1 amide bonds. The van der Waals surface area contributed by atoms with Gasteiger partial charge in [-0.15, -0.1) is 11.8 Å². The summed E-state index contributed by atoms with van der Waals surface area (Å²) < 4.78 is 0. The van der Waals surface area contributed by atoms with Gasteiger partial charge in [-0.25, -0.2) is 0 Å². The van der Waals surface area contributed by atoms with E-state index in [-0.39, 0.29) is 6.42 Å². The van der Waals surface area contributed by atoms with E-state index in [0.29, 0.717) is 11.3 Å². The van der Waals surface area contributed by atoms with Crippen LogP contribution in [-0.2, 0) is 9.59 Å². The van der Waals surface area contributed by atoms with Crippen LogP contribution >= 0.6 is 23.4 Å². The average Bonchev–Trinajstić information content (AvgIpc) is 2.35. The molecule has 0 radical (unpaired) electrons. The third kappa shape index (κ3) is 3.25. The topological polar surface area (TPSA) is 61.2 Å². The molecular weight excluding hydrogens is 272 g/mol. The number of thioether (sulfide) groups is 1. The van der Waals surface area contributed by atoms with Crippen molar-refractivity contribution < 1.29 is 9.59 Å². The molecule has 6 heteroatoms. The van der Waals surface area contributed by atoms with Gasteiger partial charge in [-0.2, -0.15) is 5.26 Å². The van der Waals surface area contributed by atoms with Crippen molar-refractivity contribution in [2.45, 2.75) is 11.3 Å². The molecular formula is C12H11ClN2O2S. The first-order valence-electron chi connectivity index (χ1n) is 5.03. The van der Waals surface area contributed by atoms with Crippen molar-refractivity contribution in [1.29, 1.82) is 5.26 Å². The van der Waals surface area contributed by atoms with Crippen molar-refractivity contribution in [2.24, 2.45) is 0 Å². The highest BCUT2D eigenvalue weighted by molar-refractivity contribution is 7.98. The number of benzene rings is 1. The van der Waals surface area contributed by atoms with E-state index in [1.807, 2.05) is 6.26 Å².